The van der Waals surface area contributed by atoms with Crippen LogP contribution in [0.4, 0.5) is 0 Å². The molecule has 0 radical (unpaired) electrons. The molecule has 0 saturated carbocycles. The molecule has 0 atom stereocenters. The van der Waals surface area contributed by atoms with E-state index in [1.807, 2.05) is 30.3 Å². The van der Waals surface area contributed by atoms with E-state index in [-0.39, 0.29) is 11.6 Å². The molecule has 1 N–H and O–H groups in total. The van der Waals surface area contributed by atoms with Crippen molar-refractivity contribution < 1.29 is 14.3 Å². The van der Waals surface area contributed by atoms with Crippen LogP contribution in [0.5, 0.6) is 0 Å². The van der Waals surface area contributed by atoms with Gasteiger partial charge in [-0.1, -0.05) is 47.7 Å². The predicted molar refractivity (Wildman–Crippen MR) is 94.5 cm³/mol. The van der Waals surface area contributed by atoms with E-state index >= 15 is 0 Å². The van der Waals surface area contributed by atoms with Crippen LogP contribution >= 0.6 is 0 Å². The van der Waals surface area contributed by atoms with Gasteiger partial charge in [0.25, 0.3) is 5.91 Å². The third kappa shape index (κ3) is 4.32. The first kappa shape index (κ1) is 17.3. The molecule has 0 aliphatic carbocycles. The summed E-state index contributed by atoms with van der Waals surface area (Å²) >= 11 is 0. The van der Waals surface area contributed by atoms with Crippen LogP contribution in [0.25, 0.3) is 0 Å². The van der Waals surface area contributed by atoms with Gasteiger partial charge in [-0.25, -0.2) is 9.48 Å². The summed E-state index contributed by atoms with van der Waals surface area (Å²) in [5.41, 5.74) is 2.66. The van der Waals surface area contributed by atoms with Crippen LogP contribution in [0, 0.1) is 0 Å². The molecule has 0 aliphatic heterocycles. The average Bonchev–Trinajstić information content (AvgIpc) is 3.15. The van der Waals surface area contributed by atoms with Crippen molar-refractivity contribution in [3.63, 3.8) is 0 Å². The lowest BCUT2D eigenvalue weighted by Gasteiger charge is -2.04. The highest BCUT2D eigenvalue weighted by Gasteiger charge is 2.11. The lowest BCUT2D eigenvalue weighted by atomic mass is 10.1. The normalized spacial score (nSPS) is 10.3. The molecule has 1 amide bonds. The van der Waals surface area contributed by atoms with Crippen LogP contribution in [0.2, 0.25) is 0 Å². The number of hydrogen-bond acceptors (Lipinski definition) is 5. The van der Waals surface area contributed by atoms with E-state index < -0.39 is 5.97 Å². The van der Waals surface area contributed by atoms with Gasteiger partial charge in [-0.3, -0.25) is 4.79 Å². The van der Waals surface area contributed by atoms with Gasteiger partial charge in [0.15, 0.2) is 5.69 Å². The Morgan fingerprint density at radius 3 is 2.46 bits per heavy atom. The summed E-state index contributed by atoms with van der Waals surface area (Å²) in [5.74, 6) is -0.697. The fraction of sp³-hybridized carbons (Fsp3) is 0.158. The zero-order valence-electron chi connectivity index (χ0n) is 14.3. The largest absolute Gasteiger partial charge is 0.465 e. The number of nitrogens with one attached hydrogen (secondary N) is 1. The van der Waals surface area contributed by atoms with E-state index in [0.717, 1.165) is 11.1 Å². The number of rotatable bonds is 6. The fourth-order valence-electron chi connectivity index (χ4n) is 2.40. The van der Waals surface area contributed by atoms with Gasteiger partial charge in [0.05, 0.1) is 25.4 Å². The second-order valence-corrected chi connectivity index (χ2v) is 5.66. The van der Waals surface area contributed by atoms with Gasteiger partial charge in [-0.05, 0) is 23.3 Å². The summed E-state index contributed by atoms with van der Waals surface area (Å²) in [6.07, 6.45) is 1.61. The van der Waals surface area contributed by atoms with Crippen molar-refractivity contribution in [3.05, 3.63) is 83.2 Å². The van der Waals surface area contributed by atoms with Crippen molar-refractivity contribution in [2.45, 2.75) is 13.1 Å². The smallest absolute Gasteiger partial charge is 0.337 e. The molecule has 0 unspecified atom stereocenters. The number of methoxy groups -OCH3 is 1. The first-order valence-electron chi connectivity index (χ1n) is 8.05. The molecule has 26 heavy (non-hydrogen) atoms. The van der Waals surface area contributed by atoms with E-state index in [9.17, 15) is 9.59 Å². The Morgan fingerprint density at radius 2 is 1.77 bits per heavy atom. The summed E-state index contributed by atoms with van der Waals surface area (Å²) in [6, 6.07) is 16.7. The maximum Gasteiger partial charge on any atom is 0.337 e. The minimum atomic E-state index is -0.393. The molecule has 3 aromatic rings. The standard InChI is InChI=1S/C19H18N4O3/c1-26-19(25)16-9-7-14(8-10-16)11-20-18(24)17-13-23(22-21-17)12-15-5-3-2-4-6-15/h2-10,13H,11-12H2,1H3,(H,20,24). The minimum Gasteiger partial charge on any atom is -0.465 e. The van der Waals surface area contributed by atoms with Crippen molar-refractivity contribution in [1.82, 2.24) is 20.3 Å². The Labute approximate surface area is 150 Å². The van der Waals surface area contributed by atoms with Crippen molar-refractivity contribution >= 4 is 11.9 Å². The Bertz CT molecular complexity index is 889. The predicted octanol–water partition coefficient (Wildman–Crippen LogP) is 2.04. The van der Waals surface area contributed by atoms with E-state index in [4.69, 9.17) is 0 Å². The quantitative estimate of drug-likeness (QED) is 0.688. The van der Waals surface area contributed by atoms with Crippen LogP contribution in [0.3, 0.4) is 0 Å². The summed E-state index contributed by atoms with van der Waals surface area (Å²) in [7, 11) is 1.33. The molecule has 0 spiro atoms. The van der Waals surface area contributed by atoms with Gasteiger partial charge in [0.2, 0.25) is 0 Å². The Hall–Kier alpha value is -3.48. The highest BCUT2D eigenvalue weighted by Crippen LogP contribution is 2.06. The van der Waals surface area contributed by atoms with E-state index in [0.29, 0.717) is 18.7 Å². The zero-order valence-corrected chi connectivity index (χ0v) is 14.3. The highest BCUT2D eigenvalue weighted by atomic mass is 16.5. The number of ether oxygens (including phenoxy) is 1. The van der Waals surface area contributed by atoms with Gasteiger partial charge >= 0.3 is 5.97 Å². The summed E-state index contributed by atoms with van der Waals surface area (Å²) in [5, 5.41) is 10.7. The number of amides is 1. The Morgan fingerprint density at radius 1 is 1.04 bits per heavy atom. The molecular weight excluding hydrogens is 332 g/mol. The molecule has 0 fully saturated rings. The average molecular weight is 350 g/mol. The van der Waals surface area contributed by atoms with Gasteiger partial charge in [-0.15, -0.1) is 5.10 Å². The first-order valence-corrected chi connectivity index (χ1v) is 8.05. The molecular formula is C19H18N4O3. The maximum atomic E-state index is 12.2. The van der Waals surface area contributed by atoms with E-state index in [1.54, 1.807) is 35.1 Å². The van der Waals surface area contributed by atoms with Crippen LogP contribution < -0.4 is 5.32 Å². The Balaban J connectivity index is 1.56. The molecule has 1 aromatic heterocycles. The van der Waals surface area contributed by atoms with Crippen molar-refractivity contribution in [1.29, 1.82) is 0 Å². The molecule has 132 valence electrons. The van der Waals surface area contributed by atoms with Crippen LogP contribution in [-0.2, 0) is 17.8 Å². The molecule has 2 aromatic carbocycles. The number of benzene rings is 2. The Kier molecular flexibility index (Phi) is 5.38. The minimum absolute atomic E-state index is 0.257. The van der Waals surface area contributed by atoms with E-state index in [2.05, 4.69) is 20.4 Å². The van der Waals surface area contributed by atoms with Gasteiger partial charge in [-0.2, -0.15) is 0 Å². The maximum absolute atomic E-state index is 12.2. The molecule has 7 heteroatoms. The number of nitrogens with zero attached hydrogens (tertiary/aromatic N) is 3. The third-order valence-corrected chi connectivity index (χ3v) is 3.79. The van der Waals surface area contributed by atoms with E-state index in [1.165, 1.54) is 7.11 Å². The lowest BCUT2D eigenvalue weighted by Crippen LogP contribution is -2.23. The van der Waals surface area contributed by atoms with Gasteiger partial charge < -0.3 is 10.1 Å². The van der Waals surface area contributed by atoms with Crippen molar-refractivity contribution in [2.24, 2.45) is 0 Å². The summed E-state index contributed by atoms with van der Waals surface area (Å²) < 4.78 is 6.27. The SMILES string of the molecule is COC(=O)c1ccc(CNC(=O)c2cn(Cc3ccccc3)nn2)cc1. The molecule has 0 saturated heterocycles. The first-order chi connectivity index (χ1) is 12.7. The molecule has 1 heterocycles. The second-order valence-electron chi connectivity index (χ2n) is 5.66. The molecule has 3 rings (SSSR count). The number of esters is 1. The third-order valence-electron chi connectivity index (χ3n) is 3.79. The second kappa shape index (κ2) is 8.06. The number of carbonyl (C=O) groups excluding carboxylic acids is 2. The topological polar surface area (TPSA) is 86.1 Å². The van der Waals surface area contributed by atoms with Crippen LogP contribution in [0.15, 0.2) is 60.8 Å². The summed E-state index contributed by atoms with van der Waals surface area (Å²) in [6.45, 7) is 0.877. The number of carbonyl (C=O) groups is 2. The van der Waals surface area contributed by atoms with Crippen LogP contribution in [0.1, 0.15) is 32.0 Å². The van der Waals surface area contributed by atoms with Crippen molar-refractivity contribution in [2.75, 3.05) is 7.11 Å². The van der Waals surface area contributed by atoms with Crippen LogP contribution in [-0.4, -0.2) is 34.0 Å². The van der Waals surface area contributed by atoms with Gasteiger partial charge in [0, 0.05) is 6.54 Å². The molecule has 7 nitrogen and oxygen atoms in total. The molecule has 0 bridgehead atoms. The molecule has 0 aliphatic rings. The van der Waals surface area contributed by atoms with Crippen molar-refractivity contribution in [3.8, 4) is 0 Å². The lowest BCUT2D eigenvalue weighted by molar-refractivity contribution is 0.0600. The fourth-order valence-corrected chi connectivity index (χ4v) is 2.40. The number of aromatic nitrogens is 3. The highest BCUT2D eigenvalue weighted by molar-refractivity contribution is 5.92. The number of hydrogen-bond donors (Lipinski definition) is 1. The monoisotopic (exact) mass is 350 g/mol. The van der Waals surface area contributed by atoms with Gasteiger partial charge in [0.1, 0.15) is 0 Å². The zero-order chi connectivity index (χ0) is 18.4. The summed E-state index contributed by atoms with van der Waals surface area (Å²) in [4.78, 5) is 23.6.